The van der Waals surface area contributed by atoms with E-state index in [1.807, 2.05) is 26.1 Å². The Bertz CT molecular complexity index is 810. The number of furan rings is 1. The molecule has 2 fully saturated rings. The molecule has 1 aromatic carbocycles. The fourth-order valence-corrected chi connectivity index (χ4v) is 4.82. The van der Waals surface area contributed by atoms with Gasteiger partial charge in [0.15, 0.2) is 11.7 Å². The van der Waals surface area contributed by atoms with Crippen molar-refractivity contribution in [3.05, 3.63) is 29.3 Å². The van der Waals surface area contributed by atoms with Crippen molar-refractivity contribution in [2.24, 2.45) is 5.92 Å². The minimum Gasteiger partial charge on any atom is -0.440 e. The summed E-state index contributed by atoms with van der Waals surface area (Å²) in [6.07, 6.45) is 5.89. The molecule has 26 heavy (non-hydrogen) atoms. The van der Waals surface area contributed by atoms with Gasteiger partial charge < -0.3 is 14.6 Å². The van der Waals surface area contributed by atoms with Gasteiger partial charge in [0.25, 0.3) is 0 Å². The van der Waals surface area contributed by atoms with E-state index in [-0.39, 0.29) is 11.7 Å². The van der Waals surface area contributed by atoms with Crippen molar-refractivity contribution in [3.63, 3.8) is 0 Å². The molecule has 4 rings (SSSR count). The number of hydrogen-bond donors (Lipinski definition) is 1. The summed E-state index contributed by atoms with van der Waals surface area (Å²) in [5.74, 6) is 1.68. The van der Waals surface area contributed by atoms with Gasteiger partial charge in [0.2, 0.25) is 0 Å². The van der Waals surface area contributed by atoms with Crippen LogP contribution in [0.4, 0.5) is 5.88 Å². The molecule has 0 spiro atoms. The Kier molecular flexibility index (Phi) is 4.78. The van der Waals surface area contributed by atoms with Gasteiger partial charge in [-0.25, -0.2) is 0 Å². The average molecular weight is 354 g/mol. The van der Waals surface area contributed by atoms with E-state index in [0.717, 1.165) is 28.8 Å². The molecular weight excluding hydrogens is 324 g/mol. The largest absolute Gasteiger partial charge is 0.440 e. The van der Waals surface area contributed by atoms with E-state index in [1.54, 1.807) is 0 Å². The number of nitrogens with zero attached hydrogens (tertiary/aromatic N) is 1. The highest BCUT2D eigenvalue weighted by Crippen LogP contribution is 2.43. The van der Waals surface area contributed by atoms with Crippen molar-refractivity contribution < 1.29 is 9.21 Å². The number of rotatable bonds is 5. The van der Waals surface area contributed by atoms with E-state index in [9.17, 15) is 4.79 Å². The Hall–Kier alpha value is -1.81. The molecule has 0 saturated carbocycles. The van der Waals surface area contributed by atoms with Gasteiger partial charge in [-0.05, 0) is 69.3 Å². The summed E-state index contributed by atoms with van der Waals surface area (Å²) in [6, 6.07) is 6.68. The Labute approximate surface area is 155 Å². The lowest BCUT2D eigenvalue weighted by atomic mass is 9.84. The van der Waals surface area contributed by atoms with E-state index >= 15 is 0 Å². The maximum atomic E-state index is 12.7. The quantitative estimate of drug-likeness (QED) is 0.764. The van der Waals surface area contributed by atoms with Crippen molar-refractivity contribution in [2.75, 3.05) is 25.5 Å². The number of fused-ring (bicyclic) bond motifs is 2. The zero-order valence-corrected chi connectivity index (χ0v) is 16.2. The number of nitrogens with one attached hydrogen (secondary N) is 1. The van der Waals surface area contributed by atoms with E-state index < -0.39 is 0 Å². The van der Waals surface area contributed by atoms with Crippen LogP contribution < -0.4 is 5.32 Å². The molecule has 3 heterocycles. The molecule has 3 atom stereocenters. The molecule has 0 radical (unpaired) electrons. The first-order chi connectivity index (χ1) is 12.6. The molecule has 2 aliphatic heterocycles. The molecular formula is C22H30N2O2. The third-order valence-electron chi connectivity index (χ3n) is 6.53. The Morgan fingerprint density at radius 3 is 2.96 bits per heavy atom. The van der Waals surface area contributed by atoms with Crippen LogP contribution in [0.15, 0.2) is 22.6 Å². The predicted octanol–water partition coefficient (Wildman–Crippen LogP) is 5.05. The second-order valence-electron chi connectivity index (χ2n) is 8.03. The lowest BCUT2D eigenvalue weighted by Gasteiger charge is -2.35. The number of carbonyl (C=O) groups is 1. The Morgan fingerprint density at radius 2 is 2.19 bits per heavy atom. The minimum absolute atomic E-state index is 0.0632. The van der Waals surface area contributed by atoms with Crippen molar-refractivity contribution in [3.8, 4) is 0 Å². The van der Waals surface area contributed by atoms with Crippen LogP contribution in [0.2, 0.25) is 0 Å². The van der Waals surface area contributed by atoms with Gasteiger partial charge in [-0.1, -0.05) is 13.8 Å². The fourth-order valence-electron chi connectivity index (χ4n) is 4.82. The molecule has 1 N–H and O–H groups in total. The normalized spacial score (nSPS) is 24.6. The molecule has 4 heteroatoms. The summed E-state index contributed by atoms with van der Waals surface area (Å²) in [5, 5.41) is 4.38. The van der Waals surface area contributed by atoms with Crippen LogP contribution in [0.25, 0.3) is 11.0 Å². The topological polar surface area (TPSA) is 45.5 Å². The van der Waals surface area contributed by atoms with Crippen molar-refractivity contribution in [2.45, 2.75) is 57.9 Å². The Balaban J connectivity index is 1.73. The second kappa shape index (κ2) is 7.07. The number of piperidine rings is 1. The zero-order valence-electron chi connectivity index (χ0n) is 16.2. The zero-order chi connectivity index (χ0) is 18.3. The molecule has 2 aliphatic rings. The summed E-state index contributed by atoms with van der Waals surface area (Å²) in [5.41, 5.74) is 2.99. The average Bonchev–Trinajstić information content (AvgIpc) is 3.29. The first kappa shape index (κ1) is 17.6. The lowest BCUT2D eigenvalue weighted by Crippen LogP contribution is -2.37. The predicted molar refractivity (Wildman–Crippen MR) is 106 cm³/mol. The van der Waals surface area contributed by atoms with Gasteiger partial charge in [0.05, 0.1) is 0 Å². The summed E-state index contributed by atoms with van der Waals surface area (Å²) >= 11 is 0. The highest BCUT2D eigenvalue weighted by Gasteiger charge is 2.35. The summed E-state index contributed by atoms with van der Waals surface area (Å²) in [7, 11) is 1.93. The smallest absolute Gasteiger partial charge is 0.197 e. The van der Waals surface area contributed by atoms with Gasteiger partial charge in [0.1, 0.15) is 5.58 Å². The van der Waals surface area contributed by atoms with Crippen LogP contribution in [0.3, 0.4) is 0 Å². The number of Topliss-reactive ketones (excluding diaryl/α,β-unsaturated/α-hetero) is 1. The van der Waals surface area contributed by atoms with Gasteiger partial charge in [-0.15, -0.1) is 0 Å². The first-order valence-corrected chi connectivity index (χ1v) is 10.1. The fraction of sp³-hybridized carbons (Fsp3) is 0.591. The third-order valence-corrected chi connectivity index (χ3v) is 6.53. The molecule has 0 aliphatic carbocycles. The van der Waals surface area contributed by atoms with Crippen molar-refractivity contribution >= 4 is 22.6 Å². The maximum absolute atomic E-state index is 12.7. The molecule has 4 nitrogen and oxygen atoms in total. The second-order valence-corrected chi connectivity index (χ2v) is 8.03. The maximum Gasteiger partial charge on any atom is 0.197 e. The van der Waals surface area contributed by atoms with Crippen LogP contribution in [0, 0.1) is 5.92 Å². The highest BCUT2D eigenvalue weighted by atomic mass is 16.3. The highest BCUT2D eigenvalue weighted by molar-refractivity contribution is 6.01. The van der Waals surface area contributed by atoms with Crippen LogP contribution in [-0.2, 0) is 0 Å². The molecule has 3 unspecified atom stereocenters. The standard InChI is InChI=1S/C22H30N2O2/c1-4-14(2)21(25)16-7-8-19-18(13-16)20(22(23-3)26-19)15-9-11-24-10-5-6-17(24)12-15/h7-8,13-15,17,23H,4-6,9-12H2,1-3H3. The molecule has 2 saturated heterocycles. The van der Waals surface area contributed by atoms with Crippen molar-refractivity contribution in [1.82, 2.24) is 4.90 Å². The van der Waals surface area contributed by atoms with Crippen LogP contribution >= 0.6 is 0 Å². The monoisotopic (exact) mass is 354 g/mol. The van der Waals surface area contributed by atoms with Gasteiger partial charge >= 0.3 is 0 Å². The van der Waals surface area contributed by atoms with Crippen LogP contribution in [0.1, 0.15) is 67.8 Å². The number of benzene rings is 1. The van der Waals surface area contributed by atoms with Crippen molar-refractivity contribution in [1.29, 1.82) is 0 Å². The van der Waals surface area contributed by atoms with E-state index in [4.69, 9.17) is 4.42 Å². The summed E-state index contributed by atoms with van der Waals surface area (Å²) in [4.78, 5) is 15.3. The first-order valence-electron chi connectivity index (χ1n) is 10.1. The molecule has 1 aromatic heterocycles. The molecule has 2 aromatic rings. The number of ketones is 1. The number of hydrogen-bond acceptors (Lipinski definition) is 4. The molecule has 140 valence electrons. The van der Waals surface area contributed by atoms with E-state index in [1.165, 1.54) is 44.3 Å². The number of anilines is 1. The van der Waals surface area contributed by atoms with Crippen LogP contribution in [0.5, 0.6) is 0 Å². The summed E-state index contributed by atoms with van der Waals surface area (Å²) < 4.78 is 6.10. The van der Waals surface area contributed by atoms with Gasteiger partial charge in [-0.3, -0.25) is 4.79 Å². The molecule has 0 bridgehead atoms. The van der Waals surface area contributed by atoms with Crippen LogP contribution in [-0.4, -0.2) is 36.9 Å². The Morgan fingerprint density at radius 1 is 1.35 bits per heavy atom. The lowest BCUT2D eigenvalue weighted by molar-refractivity contribution is 0.0927. The number of carbonyl (C=O) groups excluding carboxylic acids is 1. The van der Waals surface area contributed by atoms with E-state index in [0.29, 0.717) is 12.0 Å². The van der Waals surface area contributed by atoms with E-state index in [2.05, 4.69) is 23.2 Å². The van der Waals surface area contributed by atoms with Gasteiger partial charge in [-0.2, -0.15) is 0 Å². The third kappa shape index (κ3) is 2.94. The minimum atomic E-state index is 0.0632. The van der Waals surface area contributed by atoms with Gasteiger partial charge in [0, 0.05) is 35.5 Å². The SMILES string of the molecule is CCC(C)C(=O)c1ccc2oc(NC)c(C3CCN4CCCC4C3)c2c1. The molecule has 0 amide bonds. The summed E-state index contributed by atoms with van der Waals surface area (Å²) in [6.45, 7) is 6.52.